The molecule has 0 atom stereocenters. The molecular weight excluding hydrogens is 562 g/mol. The third-order valence-corrected chi connectivity index (χ3v) is 9.20. The van der Waals surface area contributed by atoms with Crippen LogP contribution in [-0.4, -0.2) is 14.5 Å². The fraction of sp³-hybridized carbons (Fsp3) is 0. The lowest BCUT2D eigenvalue weighted by Crippen LogP contribution is -2.03. The van der Waals surface area contributed by atoms with E-state index in [-0.39, 0.29) is 0 Å². The number of aromatic nitrogens is 3. The van der Waals surface area contributed by atoms with Crippen molar-refractivity contribution >= 4 is 65.4 Å². The molecule has 0 saturated heterocycles. The summed E-state index contributed by atoms with van der Waals surface area (Å²) in [5, 5.41) is 8.04. The highest BCUT2D eigenvalue weighted by Gasteiger charge is 2.23. The minimum atomic E-state index is 0.615. The molecule has 214 valence electrons. The van der Waals surface area contributed by atoms with Gasteiger partial charge in [-0.1, -0.05) is 127 Å². The Morgan fingerprint density at radius 3 is 1.85 bits per heavy atom. The molecule has 0 saturated carbocycles. The summed E-state index contributed by atoms with van der Waals surface area (Å²) in [6.07, 6.45) is 0. The molecular formula is C42H25N3O. The van der Waals surface area contributed by atoms with Crippen LogP contribution >= 0.6 is 0 Å². The number of hydrogen-bond acceptors (Lipinski definition) is 3. The molecule has 0 aliphatic heterocycles. The minimum Gasteiger partial charge on any atom is -0.452 e. The zero-order valence-corrected chi connectivity index (χ0v) is 24.7. The summed E-state index contributed by atoms with van der Waals surface area (Å²) in [6.45, 7) is 0. The Labute approximate surface area is 263 Å². The summed E-state index contributed by atoms with van der Waals surface area (Å²) in [7, 11) is 0. The summed E-state index contributed by atoms with van der Waals surface area (Å²) in [5.41, 5.74) is 8.55. The lowest BCUT2D eigenvalue weighted by Gasteiger charge is -2.10. The van der Waals surface area contributed by atoms with Gasteiger partial charge in [-0.15, -0.1) is 0 Å². The van der Waals surface area contributed by atoms with Crippen LogP contribution in [0.15, 0.2) is 156 Å². The van der Waals surface area contributed by atoms with E-state index in [0.29, 0.717) is 11.5 Å². The maximum absolute atomic E-state index is 6.58. The van der Waals surface area contributed by atoms with Gasteiger partial charge in [0.1, 0.15) is 16.8 Å². The van der Waals surface area contributed by atoms with Crippen molar-refractivity contribution in [3.05, 3.63) is 152 Å². The normalized spacial score (nSPS) is 11.9. The second kappa shape index (κ2) is 9.62. The van der Waals surface area contributed by atoms with Crippen LogP contribution in [0.4, 0.5) is 0 Å². The Morgan fingerprint density at radius 1 is 0.457 bits per heavy atom. The van der Waals surface area contributed by atoms with Crippen molar-refractivity contribution in [1.82, 2.24) is 14.5 Å². The van der Waals surface area contributed by atoms with E-state index >= 15 is 0 Å². The summed E-state index contributed by atoms with van der Waals surface area (Å²) in [4.78, 5) is 10.7. The molecule has 46 heavy (non-hydrogen) atoms. The summed E-state index contributed by atoms with van der Waals surface area (Å²) < 4.78 is 8.81. The summed E-state index contributed by atoms with van der Waals surface area (Å²) in [6, 6.07) is 53.2. The zero-order chi connectivity index (χ0) is 30.2. The van der Waals surface area contributed by atoms with Crippen LogP contribution in [0.1, 0.15) is 0 Å². The van der Waals surface area contributed by atoms with Crippen molar-refractivity contribution in [3.8, 4) is 28.3 Å². The minimum absolute atomic E-state index is 0.615. The van der Waals surface area contributed by atoms with Gasteiger partial charge in [-0.05, 0) is 56.9 Å². The SMILES string of the molecule is c1ccc(-c2ccc3c(c2)c2c4ccccc4ccc2n3-c2nc(-c3ccccc3)c3oc4ccc5ccccc5c4c3n2)cc1. The molecule has 0 unspecified atom stereocenters. The van der Waals surface area contributed by atoms with Gasteiger partial charge in [0, 0.05) is 16.3 Å². The van der Waals surface area contributed by atoms with E-state index in [1.807, 2.05) is 24.3 Å². The Hall–Kier alpha value is -6.26. The van der Waals surface area contributed by atoms with Gasteiger partial charge < -0.3 is 4.42 Å². The molecule has 3 aromatic heterocycles. The van der Waals surface area contributed by atoms with Gasteiger partial charge in [0.05, 0.1) is 16.4 Å². The van der Waals surface area contributed by atoms with Crippen LogP contribution in [0.3, 0.4) is 0 Å². The van der Waals surface area contributed by atoms with Crippen LogP contribution in [0, 0.1) is 0 Å². The standard InChI is InChI=1S/C42H25N3O/c1-3-11-26(12-4-1)30-20-22-34-33(25-30)37-31-17-9-7-13-27(31)19-23-35(37)45(34)42-43-39(29-15-5-2-6-16-29)41-40(44-42)38-32-18-10-8-14-28(32)21-24-36(38)46-41/h1-25H. The monoisotopic (exact) mass is 587 g/mol. The van der Waals surface area contributed by atoms with Crippen LogP contribution in [-0.2, 0) is 0 Å². The number of rotatable bonds is 3. The highest BCUT2D eigenvalue weighted by molar-refractivity contribution is 6.22. The predicted molar refractivity (Wildman–Crippen MR) is 190 cm³/mol. The third kappa shape index (κ3) is 3.61. The van der Waals surface area contributed by atoms with Gasteiger partial charge >= 0.3 is 0 Å². The molecule has 0 aliphatic rings. The predicted octanol–water partition coefficient (Wildman–Crippen LogP) is 11.1. The number of hydrogen-bond donors (Lipinski definition) is 0. The molecule has 0 bridgehead atoms. The van der Waals surface area contributed by atoms with Crippen molar-refractivity contribution < 1.29 is 4.42 Å². The Morgan fingerprint density at radius 2 is 1.09 bits per heavy atom. The van der Waals surface area contributed by atoms with Crippen molar-refractivity contribution in [1.29, 1.82) is 0 Å². The summed E-state index contributed by atoms with van der Waals surface area (Å²) >= 11 is 0. The second-order valence-electron chi connectivity index (χ2n) is 11.8. The first kappa shape index (κ1) is 25.1. The molecule has 4 heteroatoms. The fourth-order valence-corrected chi connectivity index (χ4v) is 7.10. The molecule has 0 amide bonds. The van der Waals surface area contributed by atoms with E-state index in [1.54, 1.807) is 0 Å². The number of furan rings is 1. The maximum Gasteiger partial charge on any atom is 0.236 e. The molecule has 10 aromatic rings. The van der Waals surface area contributed by atoms with Crippen LogP contribution in [0.2, 0.25) is 0 Å². The van der Waals surface area contributed by atoms with Gasteiger partial charge in [0.2, 0.25) is 5.95 Å². The van der Waals surface area contributed by atoms with E-state index < -0.39 is 0 Å². The van der Waals surface area contributed by atoms with Crippen molar-refractivity contribution in [2.45, 2.75) is 0 Å². The molecule has 0 spiro atoms. The lowest BCUT2D eigenvalue weighted by molar-refractivity contribution is 0.667. The molecule has 0 radical (unpaired) electrons. The smallest absolute Gasteiger partial charge is 0.236 e. The Balaban J connectivity index is 1.37. The molecule has 0 aliphatic carbocycles. The van der Waals surface area contributed by atoms with Gasteiger partial charge in [0.15, 0.2) is 5.58 Å². The van der Waals surface area contributed by atoms with Crippen molar-refractivity contribution in [3.63, 3.8) is 0 Å². The van der Waals surface area contributed by atoms with E-state index in [4.69, 9.17) is 14.4 Å². The van der Waals surface area contributed by atoms with E-state index in [2.05, 4.69) is 132 Å². The number of fused-ring (bicyclic) bond motifs is 10. The molecule has 0 fully saturated rings. The molecule has 3 heterocycles. The van der Waals surface area contributed by atoms with Gasteiger partial charge in [-0.3, -0.25) is 4.57 Å². The highest BCUT2D eigenvalue weighted by Crippen LogP contribution is 2.41. The second-order valence-corrected chi connectivity index (χ2v) is 11.8. The van der Waals surface area contributed by atoms with Crippen LogP contribution in [0.25, 0.3) is 93.8 Å². The topological polar surface area (TPSA) is 43.9 Å². The van der Waals surface area contributed by atoms with Crippen LogP contribution in [0.5, 0.6) is 0 Å². The van der Waals surface area contributed by atoms with Gasteiger partial charge in [-0.2, -0.15) is 0 Å². The fourth-order valence-electron chi connectivity index (χ4n) is 7.10. The highest BCUT2D eigenvalue weighted by atomic mass is 16.3. The van der Waals surface area contributed by atoms with Gasteiger partial charge in [0.25, 0.3) is 0 Å². The number of nitrogens with zero attached hydrogens (tertiary/aromatic N) is 3. The largest absolute Gasteiger partial charge is 0.452 e. The maximum atomic E-state index is 6.58. The zero-order valence-electron chi connectivity index (χ0n) is 24.7. The molecule has 10 rings (SSSR count). The number of benzene rings is 7. The molecule has 7 aromatic carbocycles. The molecule has 4 nitrogen and oxygen atoms in total. The van der Waals surface area contributed by atoms with Gasteiger partial charge in [-0.25, -0.2) is 9.97 Å². The first-order valence-electron chi connectivity index (χ1n) is 15.5. The molecule has 0 N–H and O–H groups in total. The summed E-state index contributed by atoms with van der Waals surface area (Å²) in [5.74, 6) is 0.615. The quantitative estimate of drug-likeness (QED) is 0.207. The third-order valence-electron chi connectivity index (χ3n) is 9.20. The van der Waals surface area contributed by atoms with Crippen LogP contribution < -0.4 is 0 Å². The van der Waals surface area contributed by atoms with Crippen molar-refractivity contribution in [2.24, 2.45) is 0 Å². The average molecular weight is 588 g/mol. The lowest BCUT2D eigenvalue weighted by atomic mass is 10.0. The van der Waals surface area contributed by atoms with E-state index in [1.165, 1.54) is 32.7 Å². The van der Waals surface area contributed by atoms with E-state index in [0.717, 1.165) is 49.5 Å². The first-order valence-corrected chi connectivity index (χ1v) is 15.5. The first-order chi connectivity index (χ1) is 22.8. The Kier molecular flexibility index (Phi) is 5.25. The Bertz CT molecular complexity index is 2790. The van der Waals surface area contributed by atoms with Crippen molar-refractivity contribution in [2.75, 3.05) is 0 Å². The van der Waals surface area contributed by atoms with E-state index in [9.17, 15) is 0 Å². The average Bonchev–Trinajstić information content (AvgIpc) is 3.68.